The third kappa shape index (κ3) is 2.27. The number of nitrogens with one attached hydrogen (secondary N) is 1. The second kappa shape index (κ2) is 5.50. The third-order valence-electron chi connectivity index (χ3n) is 4.28. The fraction of sp³-hybridized carbons (Fsp3) is 0.294. The van der Waals surface area contributed by atoms with Crippen molar-refractivity contribution < 1.29 is 4.39 Å². The zero-order valence-corrected chi connectivity index (χ0v) is 12.2. The standard InChI is InChI=1S/C17H17FN4/c18-13-3-1-12(2-4-13)17-15-11-20-10-7-16(15)22(21-17)14-5-8-19-9-6-14/h1-4,7,10-11,14,19H,5-6,8-9H2. The van der Waals surface area contributed by atoms with Gasteiger partial charge in [0.1, 0.15) is 11.5 Å². The van der Waals surface area contributed by atoms with Gasteiger partial charge in [0.05, 0.1) is 11.6 Å². The number of nitrogens with zero attached hydrogens (tertiary/aromatic N) is 3. The summed E-state index contributed by atoms with van der Waals surface area (Å²) in [6, 6.07) is 8.91. The number of benzene rings is 1. The molecule has 1 aliphatic heterocycles. The molecule has 3 aromatic rings. The maximum atomic E-state index is 13.2. The Bertz CT molecular complexity index is 788. The van der Waals surface area contributed by atoms with E-state index in [1.807, 2.05) is 12.3 Å². The topological polar surface area (TPSA) is 42.7 Å². The van der Waals surface area contributed by atoms with Crippen molar-refractivity contribution in [1.82, 2.24) is 20.1 Å². The van der Waals surface area contributed by atoms with Gasteiger partial charge in [0.15, 0.2) is 0 Å². The zero-order chi connectivity index (χ0) is 14.9. The van der Waals surface area contributed by atoms with Crippen LogP contribution in [0.4, 0.5) is 4.39 Å². The van der Waals surface area contributed by atoms with Gasteiger partial charge in [0.2, 0.25) is 0 Å². The van der Waals surface area contributed by atoms with Gasteiger partial charge in [0.25, 0.3) is 0 Å². The zero-order valence-electron chi connectivity index (χ0n) is 12.2. The number of hydrogen-bond donors (Lipinski definition) is 1. The van der Waals surface area contributed by atoms with Crippen LogP contribution in [-0.2, 0) is 0 Å². The molecular weight excluding hydrogens is 279 g/mol. The van der Waals surface area contributed by atoms with E-state index in [1.54, 1.807) is 18.3 Å². The second-order valence-corrected chi connectivity index (χ2v) is 5.67. The van der Waals surface area contributed by atoms with E-state index >= 15 is 0 Å². The van der Waals surface area contributed by atoms with Gasteiger partial charge in [-0.05, 0) is 56.3 Å². The average molecular weight is 296 g/mol. The second-order valence-electron chi connectivity index (χ2n) is 5.67. The van der Waals surface area contributed by atoms with E-state index in [1.165, 1.54) is 12.1 Å². The summed E-state index contributed by atoms with van der Waals surface area (Å²) in [6.07, 6.45) is 5.79. The van der Waals surface area contributed by atoms with E-state index in [-0.39, 0.29) is 5.82 Å². The minimum Gasteiger partial charge on any atom is -0.317 e. The lowest BCUT2D eigenvalue weighted by Crippen LogP contribution is -2.29. The lowest BCUT2D eigenvalue weighted by Gasteiger charge is -2.23. The molecule has 1 fully saturated rings. The highest BCUT2D eigenvalue weighted by Gasteiger charge is 2.20. The van der Waals surface area contributed by atoms with Crippen molar-refractivity contribution in [1.29, 1.82) is 0 Å². The molecular formula is C17H17FN4. The van der Waals surface area contributed by atoms with Crippen LogP contribution in [0.1, 0.15) is 18.9 Å². The monoisotopic (exact) mass is 296 g/mol. The van der Waals surface area contributed by atoms with Gasteiger partial charge < -0.3 is 5.32 Å². The van der Waals surface area contributed by atoms with E-state index in [0.29, 0.717) is 6.04 Å². The highest BCUT2D eigenvalue weighted by molar-refractivity contribution is 5.92. The van der Waals surface area contributed by atoms with Crippen molar-refractivity contribution in [3.05, 3.63) is 48.5 Å². The molecule has 1 saturated heterocycles. The molecule has 22 heavy (non-hydrogen) atoms. The van der Waals surface area contributed by atoms with Crippen molar-refractivity contribution in [2.24, 2.45) is 0 Å². The number of rotatable bonds is 2. The van der Waals surface area contributed by atoms with Gasteiger partial charge in [0, 0.05) is 23.3 Å². The fourth-order valence-corrected chi connectivity index (χ4v) is 3.14. The summed E-state index contributed by atoms with van der Waals surface area (Å²) >= 11 is 0. The Labute approximate surface area is 128 Å². The average Bonchev–Trinajstić information content (AvgIpc) is 2.96. The first kappa shape index (κ1) is 13.4. The van der Waals surface area contributed by atoms with Gasteiger partial charge in [-0.3, -0.25) is 9.67 Å². The molecule has 0 spiro atoms. The van der Waals surface area contributed by atoms with Crippen molar-refractivity contribution in [3.63, 3.8) is 0 Å². The quantitative estimate of drug-likeness (QED) is 0.790. The summed E-state index contributed by atoms with van der Waals surface area (Å²) in [4.78, 5) is 4.24. The third-order valence-corrected chi connectivity index (χ3v) is 4.28. The molecule has 0 radical (unpaired) electrons. The molecule has 4 nitrogen and oxygen atoms in total. The summed E-state index contributed by atoms with van der Waals surface area (Å²) in [5, 5.41) is 9.24. The smallest absolute Gasteiger partial charge is 0.123 e. The number of hydrogen-bond acceptors (Lipinski definition) is 3. The number of aromatic nitrogens is 3. The molecule has 1 N–H and O–H groups in total. The van der Waals surface area contributed by atoms with Crippen LogP contribution in [-0.4, -0.2) is 27.9 Å². The minimum absolute atomic E-state index is 0.232. The first-order chi connectivity index (χ1) is 10.8. The van der Waals surface area contributed by atoms with Crippen LogP contribution < -0.4 is 5.32 Å². The van der Waals surface area contributed by atoms with Crippen LogP contribution in [0.25, 0.3) is 22.2 Å². The van der Waals surface area contributed by atoms with Crippen molar-refractivity contribution in [3.8, 4) is 11.3 Å². The van der Waals surface area contributed by atoms with Gasteiger partial charge >= 0.3 is 0 Å². The van der Waals surface area contributed by atoms with Crippen LogP contribution in [0.2, 0.25) is 0 Å². The van der Waals surface area contributed by atoms with E-state index in [2.05, 4.69) is 15.0 Å². The molecule has 2 aromatic heterocycles. The van der Waals surface area contributed by atoms with Crippen molar-refractivity contribution in [2.75, 3.05) is 13.1 Å². The van der Waals surface area contributed by atoms with Gasteiger partial charge in [-0.15, -0.1) is 0 Å². The Morgan fingerprint density at radius 1 is 1.09 bits per heavy atom. The molecule has 0 saturated carbocycles. The van der Waals surface area contributed by atoms with Gasteiger partial charge in [-0.2, -0.15) is 5.10 Å². The predicted octanol–water partition coefficient (Wildman–Crippen LogP) is 3.16. The van der Waals surface area contributed by atoms with E-state index < -0.39 is 0 Å². The normalized spacial score (nSPS) is 16.2. The first-order valence-electron chi connectivity index (χ1n) is 7.62. The Morgan fingerprint density at radius 2 is 1.86 bits per heavy atom. The molecule has 0 unspecified atom stereocenters. The van der Waals surface area contributed by atoms with Gasteiger partial charge in [-0.25, -0.2) is 4.39 Å². The largest absolute Gasteiger partial charge is 0.317 e. The number of piperidine rings is 1. The van der Waals surface area contributed by atoms with Crippen LogP contribution >= 0.6 is 0 Å². The Kier molecular flexibility index (Phi) is 3.35. The Hall–Kier alpha value is -2.27. The molecule has 1 aliphatic rings. The summed E-state index contributed by atoms with van der Waals surface area (Å²) in [6.45, 7) is 2.03. The van der Waals surface area contributed by atoms with Crippen molar-refractivity contribution in [2.45, 2.75) is 18.9 Å². The lowest BCUT2D eigenvalue weighted by molar-refractivity contribution is 0.352. The predicted molar refractivity (Wildman–Crippen MR) is 84.1 cm³/mol. The number of fused-ring (bicyclic) bond motifs is 1. The molecule has 0 bridgehead atoms. The summed E-state index contributed by atoms with van der Waals surface area (Å²) in [7, 11) is 0. The maximum absolute atomic E-state index is 13.2. The SMILES string of the molecule is Fc1ccc(-c2nn(C3CCNCC3)c3ccncc23)cc1. The summed E-state index contributed by atoms with van der Waals surface area (Å²) < 4.78 is 15.3. The van der Waals surface area contributed by atoms with Crippen LogP contribution in [0.3, 0.4) is 0 Å². The molecule has 0 atom stereocenters. The Balaban J connectivity index is 1.86. The molecule has 112 valence electrons. The molecule has 3 heterocycles. The van der Waals surface area contributed by atoms with Crippen molar-refractivity contribution >= 4 is 10.9 Å². The first-order valence-corrected chi connectivity index (χ1v) is 7.62. The van der Waals surface area contributed by atoms with Gasteiger partial charge in [-0.1, -0.05) is 0 Å². The van der Waals surface area contributed by atoms with Crippen LogP contribution in [0.5, 0.6) is 0 Å². The Morgan fingerprint density at radius 3 is 2.64 bits per heavy atom. The summed E-state index contributed by atoms with van der Waals surface area (Å²) in [5.41, 5.74) is 2.90. The summed E-state index contributed by atoms with van der Waals surface area (Å²) in [5.74, 6) is -0.232. The van der Waals surface area contributed by atoms with Crippen LogP contribution in [0.15, 0.2) is 42.7 Å². The highest BCUT2D eigenvalue weighted by atomic mass is 19.1. The molecule has 4 rings (SSSR count). The minimum atomic E-state index is -0.232. The number of pyridine rings is 1. The lowest BCUT2D eigenvalue weighted by atomic mass is 10.1. The maximum Gasteiger partial charge on any atom is 0.123 e. The van der Waals surface area contributed by atoms with E-state index in [0.717, 1.165) is 48.1 Å². The fourth-order valence-electron chi connectivity index (χ4n) is 3.14. The highest BCUT2D eigenvalue weighted by Crippen LogP contribution is 2.31. The van der Waals surface area contributed by atoms with E-state index in [9.17, 15) is 4.39 Å². The van der Waals surface area contributed by atoms with E-state index in [4.69, 9.17) is 5.10 Å². The molecule has 0 aliphatic carbocycles. The van der Waals surface area contributed by atoms with Crippen LogP contribution in [0, 0.1) is 5.82 Å². The number of halogens is 1. The molecule has 0 amide bonds. The molecule has 5 heteroatoms. The molecule has 1 aromatic carbocycles.